The summed E-state index contributed by atoms with van der Waals surface area (Å²) in [5.41, 5.74) is 5.84. The molecule has 6 nitrogen and oxygen atoms in total. The molecule has 4 aromatic carbocycles. The van der Waals surface area contributed by atoms with Crippen molar-refractivity contribution < 1.29 is 28.5 Å². The van der Waals surface area contributed by atoms with Crippen LogP contribution in [-0.2, 0) is 28.5 Å². The molecule has 0 amide bonds. The molecule has 0 fully saturated rings. The Morgan fingerprint density at radius 1 is 0.355 bits per heavy atom. The maximum Gasteiger partial charge on any atom is 0.302 e. The van der Waals surface area contributed by atoms with E-state index in [1.54, 1.807) is 28.4 Å². The lowest BCUT2D eigenvalue weighted by Crippen LogP contribution is -2.01. The Kier molecular flexibility index (Phi) is 44.6. The first-order valence-corrected chi connectivity index (χ1v) is 23.3. The third-order valence-electron chi connectivity index (χ3n) is 10.1. The highest BCUT2D eigenvalue weighted by Gasteiger charge is 2.14. The zero-order valence-electron chi connectivity index (χ0n) is 40.9. The van der Waals surface area contributed by atoms with Crippen LogP contribution in [0, 0.1) is 0 Å². The van der Waals surface area contributed by atoms with Crippen molar-refractivity contribution in [1.29, 1.82) is 0 Å². The maximum atomic E-state index is 9.59. The smallest absolute Gasteiger partial charge is 0.302 e. The fourth-order valence-electron chi connectivity index (χ4n) is 6.76. The van der Waals surface area contributed by atoms with Crippen molar-refractivity contribution in [2.75, 3.05) is 42.7 Å². The van der Waals surface area contributed by atoms with Crippen molar-refractivity contribution in [2.24, 2.45) is 0 Å². The molecule has 4 aromatic rings. The molecular formula is C56H88O6. The number of ether oxygens (including phenoxy) is 4. The van der Waals surface area contributed by atoms with Crippen LogP contribution in [-0.4, -0.2) is 54.6 Å². The minimum absolute atomic E-state index is 0.245. The summed E-state index contributed by atoms with van der Waals surface area (Å²) in [5, 5.41) is 0. The highest BCUT2D eigenvalue weighted by atomic mass is 16.5. The Morgan fingerprint density at radius 2 is 0.532 bits per heavy atom. The number of unbranched alkanes of at least 4 members (excludes halogenated alkanes) is 14. The largest absolute Gasteiger partial charge is 0.469 e. The van der Waals surface area contributed by atoms with Crippen molar-refractivity contribution in [2.45, 2.75) is 155 Å². The van der Waals surface area contributed by atoms with Crippen LogP contribution < -0.4 is 0 Å². The van der Waals surface area contributed by atoms with Gasteiger partial charge in [0.25, 0.3) is 0 Å². The summed E-state index contributed by atoms with van der Waals surface area (Å²) in [4.78, 5) is 19.2. The first-order valence-electron chi connectivity index (χ1n) is 23.3. The standard InChI is InChI=1S/C24H34.C22H30.2C3H6O2.2C2H6O/c1-2-3-4-5-6-7-8-9-16-21-24(22-17-12-10-13-18-22)23-19-14-11-15-20-23;1-2-3-4-5-6-7-14-19-22(20-15-10-8-11-16-20)21-17-12-9-13-18-21;2*1-3(4)5-2;2*1-3-2/h10-15,17-20,24H,2-9,16,21H2,1H3;8-13,15-18,22H,2-7,14,19H2,1H3;2*1-2H3;2*1-2H3. The Balaban J connectivity index is 0. The Bertz CT molecular complexity index is 1390. The van der Waals surface area contributed by atoms with E-state index in [4.69, 9.17) is 0 Å². The lowest BCUT2D eigenvalue weighted by Gasteiger charge is -2.18. The topological polar surface area (TPSA) is 71.1 Å². The van der Waals surface area contributed by atoms with Crippen LogP contribution in [0.3, 0.4) is 0 Å². The van der Waals surface area contributed by atoms with E-state index in [1.807, 2.05) is 0 Å². The molecule has 0 aliphatic heterocycles. The highest BCUT2D eigenvalue weighted by molar-refractivity contribution is 5.65. The van der Waals surface area contributed by atoms with E-state index in [-0.39, 0.29) is 11.9 Å². The third-order valence-corrected chi connectivity index (χ3v) is 10.1. The molecule has 0 aromatic heterocycles. The first kappa shape index (κ1) is 59.8. The number of rotatable bonds is 22. The van der Waals surface area contributed by atoms with Crippen LogP contribution in [0.15, 0.2) is 121 Å². The summed E-state index contributed by atoms with van der Waals surface area (Å²) in [7, 11) is 9.20. The van der Waals surface area contributed by atoms with Crippen molar-refractivity contribution in [3.05, 3.63) is 144 Å². The van der Waals surface area contributed by atoms with E-state index in [1.165, 1.54) is 166 Å². The highest BCUT2D eigenvalue weighted by Crippen LogP contribution is 2.31. The molecule has 0 radical (unpaired) electrons. The van der Waals surface area contributed by atoms with E-state index in [9.17, 15) is 9.59 Å². The van der Waals surface area contributed by atoms with E-state index < -0.39 is 0 Å². The lowest BCUT2D eigenvalue weighted by molar-refractivity contribution is -0.138. The van der Waals surface area contributed by atoms with Gasteiger partial charge >= 0.3 is 11.9 Å². The molecule has 0 bridgehead atoms. The second-order valence-electron chi connectivity index (χ2n) is 15.5. The third kappa shape index (κ3) is 36.4. The monoisotopic (exact) mass is 857 g/mol. The molecule has 0 saturated heterocycles. The molecule has 62 heavy (non-hydrogen) atoms. The first-order chi connectivity index (χ1) is 30.2. The number of carbonyl (C=O) groups excluding carboxylic acids is 2. The zero-order chi connectivity index (χ0) is 46.3. The van der Waals surface area contributed by atoms with Crippen molar-refractivity contribution in [3.8, 4) is 0 Å². The van der Waals surface area contributed by atoms with E-state index >= 15 is 0 Å². The Labute approximate surface area is 380 Å². The fraction of sp³-hybridized carbons (Fsp3) is 0.536. The summed E-state index contributed by atoms with van der Waals surface area (Å²) >= 11 is 0. The van der Waals surface area contributed by atoms with Gasteiger partial charge in [-0.25, -0.2) is 0 Å². The van der Waals surface area contributed by atoms with Crippen LogP contribution in [0.4, 0.5) is 0 Å². The van der Waals surface area contributed by atoms with Crippen LogP contribution in [0.5, 0.6) is 0 Å². The van der Waals surface area contributed by atoms with Crippen molar-refractivity contribution in [3.63, 3.8) is 0 Å². The average Bonchev–Trinajstić information content (AvgIpc) is 3.30. The van der Waals surface area contributed by atoms with Crippen LogP contribution in [0.2, 0.25) is 0 Å². The summed E-state index contributed by atoms with van der Waals surface area (Å²) in [5.74, 6) is 0.616. The van der Waals surface area contributed by atoms with Gasteiger partial charge in [-0.15, -0.1) is 0 Å². The van der Waals surface area contributed by atoms with Gasteiger partial charge in [-0.05, 0) is 35.1 Å². The van der Waals surface area contributed by atoms with Crippen LogP contribution in [0.25, 0.3) is 0 Å². The number of carbonyl (C=O) groups is 2. The summed E-state index contributed by atoms with van der Waals surface area (Å²) in [6.45, 7) is 7.29. The van der Waals surface area contributed by atoms with Gasteiger partial charge in [0.05, 0.1) is 14.2 Å². The predicted molar refractivity (Wildman–Crippen MR) is 265 cm³/mol. The quantitative estimate of drug-likeness (QED) is 0.0579. The Morgan fingerprint density at radius 3 is 0.710 bits per heavy atom. The van der Waals surface area contributed by atoms with Crippen LogP contribution >= 0.6 is 0 Å². The number of esters is 2. The molecule has 0 N–H and O–H groups in total. The predicted octanol–water partition coefficient (Wildman–Crippen LogP) is 15.6. The number of benzene rings is 4. The van der Waals surface area contributed by atoms with Gasteiger partial charge in [0, 0.05) is 54.1 Å². The molecule has 0 unspecified atom stereocenters. The second kappa shape index (κ2) is 46.2. The SMILES string of the molecule is CCCCCCCCCC(c1ccccc1)c1ccccc1.CCCCCCCCCCCC(c1ccccc1)c1ccccc1.COC.COC.COC(C)=O.COC(C)=O. The molecule has 0 heterocycles. The Hall–Kier alpha value is -4.26. The summed E-state index contributed by atoms with van der Waals surface area (Å²) < 4.78 is 16.7. The molecule has 6 heteroatoms. The van der Waals surface area contributed by atoms with Gasteiger partial charge < -0.3 is 18.9 Å². The van der Waals surface area contributed by atoms with E-state index in [2.05, 4.69) is 154 Å². The molecular weight excluding hydrogens is 769 g/mol. The molecule has 0 spiro atoms. The van der Waals surface area contributed by atoms with Gasteiger partial charge in [-0.1, -0.05) is 238 Å². The van der Waals surface area contributed by atoms with E-state index in [0.717, 1.165) is 0 Å². The summed E-state index contributed by atoms with van der Waals surface area (Å²) in [6, 6.07) is 44.0. The second-order valence-corrected chi connectivity index (χ2v) is 15.5. The normalized spacial score (nSPS) is 9.87. The molecule has 0 atom stereocenters. The van der Waals surface area contributed by atoms with Crippen molar-refractivity contribution in [1.82, 2.24) is 0 Å². The van der Waals surface area contributed by atoms with Gasteiger partial charge in [0.15, 0.2) is 0 Å². The molecule has 4 rings (SSSR count). The minimum atomic E-state index is -0.245. The number of methoxy groups -OCH3 is 4. The minimum Gasteiger partial charge on any atom is -0.469 e. The lowest BCUT2D eigenvalue weighted by atomic mass is 9.87. The summed E-state index contributed by atoms with van der Waals surface area (Å²) in [6.07, 6.45) is 24.8. The number of hydrogen-bond donors (Lipinski definition) is 0. The molecule has 348 valence electrons. The molecule has 0 aliphatic rings. The van der Waals surface area contributed by atoms with E-state index in [0.29, 0.717) is 11.8 Å². The van der Waals surface area contributed by atoms with Gasteiger partial charge in [-0.2, -0.15) is 0 Å². The van der Waals surface area contributed by atoms with Crippen LogP contribution in [0.1, 0.15) is 177 Å². The molecule has 0 aliphatic carbocycles. The van der Waals surface area contributed by atoms with Crippen molar-refractivity contribution >= 4 is 11.9 Å². The fourth-order valence-corrected chi connectivity index (χ4v) is 6.76. The number of hydrogen-bond acceptors (Lipinski definition) is 6. The average molecular weight is 857 g/mol. The molecule has 0 saturated carbocycles. The van der Waals surface area contributed by atoms with Gasteiger partial charge in [0.2, 0.25) is 0 Å². The maximum absolute atomic E-state index is 9.59. The van der Waals surface area contributed by atoms with Gasteiger partial charge in [0.1, 0.15) is 0 Å². The van der Waals surface area contributed by atoms with Gasteiger partial charge in [-0.3, -0.25) is 9.59 Å². The zero-order valence-corrected chi connectivity index (χ0v) is 40.9.